The normalized spacial score (nSPS) is 31.5. The van der Waals surface area contributed by atoms with Crippen molar-refractivity contribution in [2.24, 2.45) is 17.8 Å². The van der Waals surface area contributed by atoms with Crippen LogP contribution in [0.2, 0.25) is 0 Å². The van der Waals surface area contributed by atoms with Gasteiger partial charge in [-0.3, -0.25) is 9.78 Å². The molecule has 2 aliphatic carbocycles. The molecule has 0 saturated heterocycles. The summed E-state index contributed by atoms with van der Waals surface area (Å²) in [6.45, 7) is 2.00. The highest BCUT2D eigenvalue weighted by Gasteiger charge is 2.40. The van der Waals surface area contributed by atoms with E-state index in [1.807, 2.05) is 25.1 Å². The summed E-state index contributed by atoms with van der Waals surface area (Å²) in [6.07, 6.45) is 8.00. The molecular formula is C16H21NO. The smallest absolute Gasteiger partial charge is 0.141 e. The summed E-state index contributed by atoms with van der Waals surface area (Å²) in [5.41, 5.74) is 0.922. The Labute approximate surface area is 109 Å². The molecular weight excluding hydrogens is 222 g/mol. The van der Waals surface area contributed by atoms with Crippen molar-refractivity contribution < 1.29 is 4.79 Å². The number of hydrogen-bond acceptors (Lipinski definition) is 2. The molecule has 4 atom stereocenters. The van der Waals surface area contributed by atoms with Crippen molar-refractivity contribution in [3.05, 3.63) is 30.1 Å². The van der Waals surface area contributed by atoms with Crippen LogP contribution >= 0.6 is 0 Å². The monoisotopic (exact) mass is 243 g/mol. The molecule has 3 rings (SSSR count). The van der Waals surface area contributed by atoms with Gasteiger partial charge in [0.15, 0.2) is 0 Å². The SMILES string of the molecule is CC(C(=O)CC1CC2CCC1C2)c1ccccn1. The third-order valence-electron chi connectivity index (χ3n) is 4.96. The van der Waals surface area contributed by atoms with E-state index in [2.05, 4.69) is 4.98 Å². The molecule has 2 aliphatic rings. The zero-order valence-electron chi connectivity index (χ0n) is 11.0. The summed E-state index contributed by atoms with van der Waals surface area (Å²) in [7, 11) is 0. The lowest BCUT2D eigenvalue weighted by molar-refractivity contribution is -0.121. The second-order valence-corrected chi connectivity index (χ2v) is 6.08. The van der Waals surface area contributed by atoms with Crippen LogP contribution in [-0.2, 0) is 4.79 Å². The fourth-order valence-corrected chi connectivity index (χ4v) is 3.86. The first-order chi connectivity index (χ1) is 8.74. The van der Waals surface area contributed by atoms with E-state index in [1.54, 1.807) is 6.20 Å². The van der Waals surface area contributed by atoms with Crippen LogP contribution in [0.25, 0.3) is 0 Å². The van der Waals surface area contributed by atoms with E-state index < -0.39 is 0 Å². The van der Waals surface area contributed by atoms with Gasteiger partial charge in [0, 0.05) is 12.6 Å². The molecule has 96 valence electrons. The van der Waals surface area contributed by atoms with E-state index in [0.29, 0.717) is 11.7 Å². The number of Topliss-reactive ketones (excluding diaryl/α,β-unsaturated/α-hetero) is 1. The highest BCUT2D eigenvalue weighted by molar-refractivity contribution is 5.85. The van der Waals surface area contributed by atoms with E-state index in [1.165, 1.54) is 25.7 Å². The molecule has 0 aliphatic heterocycles. The zero-order chi connectivity index (χ0) is 12.5. The quantitative estimate of drug-likeness (QED) is 0.809. The van der Waals surface area contributed by atoms with Crippen LogP contribution in [0.5, 0.6) is 0 Å². The fourth-order valence-electron chi connectivity index (χ4n) is 3.86. The molecule has 2 bridgehead atoms. The van der Waals surface area contributed by atoms with E-state index >= 15 is 0 Å². The van der Waals surface area contributed by atoms with E-state index in [9.17, 15) is 4.79 Å². The molecule has 0 radical (unpaired) electrons. The highest BCUT2D eigenvalue weighted by Crippen LogP contribution is 2.49. The lowest BCUT2D eigenvalue weighted by Gasteiger charge is -2.22. The Morgan fingerprint density at radius 2 is 2.28 bits per heavy atom. The fraction of sp³-hybridized carbons (Fsp3) is 0.625. The average molecular weight is 243 g/mol. The Morgan fingerprint density at radius 3 is 2.89 bits per heavy atom. The molecule has 2 heteroatoms. The van der Waals surface area contributed by atoms with Crippen LogP contribution in [0.4, 0.5) is 0 Å². The summed E-state index contributed by atoms with van der Waals surface area (Å²) in [6, 6.07) is 5.82. The first-order valence-corrected chi connectivity index (χ1v) is 7.17. The second-order valence-electron chi connectivity index (χ2n) is 6.08. The number of carbonyl (C=O) groups excluding carboxylic acids is 1. The maximum atomic E-state index is 12.3. The predicted octanol–water partition coefficient (Wildman–Crippen LogP) is 3.58. The number of hydrogen-bond donors (Lipinski definition) is 0. The Balaban J connectivity index is 1.62. The van der Waals surface area contributed by atoms with Crippen molar-refractivity contribution in [2.75, 3.05) is 0 Å². The number of nitrogens with zero attached hydrogens (tertiary/aromatic N) is 1. The van der Waals surface area contributed by atoms with Gasteiger partial charge >= 0.3 is 0 Å². The van der Waals surface area contributed by atoms with Gasteiger partial charge in [-0.05, 0) is 56.1 Å². The topological polar surface area (TPSA) is 30.0 Å². The average Bonchev–Trinajstić information content (AvgIpc) is 3.01. The molecule has 2 fully saturated rings. The Kier molecular flexibility index (Phi) is 3.19. The summed E-state index contributed by atoms with van der Waals surface area (Å²) in [5, 5.41) is 0. The Bertz CT molecular complexity index is 428. The summed E-state index contributed by atoms with van der Waals surface area (Å²) >= 11 is 0. The van der Waals surface area contributed by atoms with Crippen molar-refractivity contribution >= 4 is 5.78 Å². The molecule has 0 spiro atoms. The van der Waals surface area contributed by atoms with Gasteiger partial charge < -0.3 is 0 Å². The first-order valence-electron chi connectivity index (χ1n) is 7.17. The van der Waals surface area contributed by atoms with Crippen molar-refractivity contribution in [1.29, 1.82) is 0 Å². The van der Waals surface area contributed by atoms with Gasteiger partial charge in [-0.25, -0.2) is 0 Å². The lowest BCUT2D eigenvalue weighted by Crippen LogP contribution is -2.19. The molecule has 1 aromatic heterocycles. The number of fused-ring (bicyclic) bond motifs is 2. The van der Waals surface area contributed by atoms with Crippen molar-refractivity contribution in [2.45, 2.75) is 44.9 Å². The summed E-state index contributed by atoms with van der Waals surface area (Å²) < 4.78 is 0. The molecule has 1 heterocycles. The van der Waals surface area contributed by atoms with Crippen molar-refractivity contribution in [3.8, 4) is 0 Å². The van der Waals surface area contributed by atoms with Crippen LogP contribution in [0.1, 0.15) is 50.6 Å². The van der Waals surface area contributed by atoms with E-state index in [-0.39, 0.29) is 5.92 Å². The van der Waals surface area contributed by atoms with Gasteiger partial charge in [-0.2, -0.15) is 0 Å². The second kappa shape index (κ2) is 4.83. The van der Waals surface area contributed by atoms with Crippen LogP contribution < -0.4 is 0 Å². The first kappa shape index (κ1) is 11.9. The van der Waals surface area contributed by atoms with Crippen molar-refractivity contribution in [1.82, 2.24) is 4.98 Å². The number of pyridine rings is 1. The number of rotatable bonds is 4. The molecule has 4 unspecified atom stereocenters. The maximum absolute atomic E-state index is 12.3. The Hall–Kier alpha value is -1.18. The third-order valence-corrected chi connectivity index (χ3v) is 4.96. The van der Waals surface area contributed by atoms with Gasteiger partial charge in [0.05, 0.1) is 11.6 Å². The van der Waals surface area contributed by atoms with Crippen LogP contribution in [0.3, 0.4) is 0 Å². The zero-order valence-corrected chi connectivity index (χ0v) is 11.0. The molecule has 18 heavy (non-hydrogen) atoms. The number of ketones is 1. The minimum atomic E-state index is -0.0367. The lowest BCUT2D eigenvalue weighted by atomic mass is 9.83. The summed E-state index contributed by atoms with van der Waals surface area (Å²) in [4.78, 5) is 16.6. The van der Waals surface area contributed by atoms with Crippen LogP contribution in [-0.4, -0.2) is 10.8 Å². The van der Waals surface area contributed by atoms with Gasteiger partial charge in [-0.1, -0.05) is 12.5 Å². The molecule has 0 amide bonds. The Morgan fingerprint density at radius 1 is 1.39 bits per heavy atom. The van der Waals surface area contributed by atoms with E-state index in [4.69, 9.17) is 0 Å². The van der Waals surface area contributed by atoms with Crippen molar-refractivity contribution in [3.63, 3.8) is 0 Å². The minimum absolute atomic E-state index is 0.0367. The number of carbonyl (C=O) groups is 1. The van der Waals surface area contributed by atoms with Gasteiger partial charge in [0.2, 0.25) is 0 Å². The molecule has 0 N–H and O–H groups in total. The highest BCUT2D eigenvalue weighted by atomic mass is 16.1. The molecule has 1 aromatic rings. The van der Waals surface area contributed by atoms with Gasteiger partial charge in [0.25, 0.3) is 0 Å². The number of aromatic nitrogens is 1. The summed E-state index contributed by atoms with van der Waals surface area (Å²) in [5.74, 6) is 2.78. The van der Waals surface area contributed by atoms with E-state index in [0.717, 1.165) is 24.0 Å². The molecule has 0 aromatic carbocycles. The van der Waals surface area contributed by atoms with Crippen LogP contribution in [0, 0.1) is 17.8 Å². The van der Waals surface area contributed by atoms with Gasteiger partial charge in [-0.15, -0.1) is 0 Å². The molecule has 2 nitrogen and oxygen atoms in total. The van der Waals surface area contributed by atoms with Gasteiger partial charge in [0.1, 0.15) is 5.78 Å². The standard InChI is InChI=1S/C16H21NO/c1-11(15-4-2-3-7-17-15)16(18)10-14-9-12-5-6-13(14)8-12/h2-4,7,11-14H,5-6,8-10H2,1H3. The minimum Gasteiger partial charge on any atom is -0.299 e. The maximum Gasteiger partial charge on any atom is 0.141 e. The largest absolute Gasteiger partial charge is 0.299 e. The van der Waals surface area contributed by atoms with Crippen LogP contribution in [0.15, 0.2) is 24.4 Å². The third kappa shape index (κ3) is 2.21. The molecule has 2 saturated carbocycles. The predicted molar refractivity (Wildman–Crippen MR) is 71.2 cm³/mol.